The first-order chi connectivity index (χ1) is 14.9. The molecule has 1 atom stereocenters. The smallest absolute Gasteiger partial charge is 0.408 e. The Kier molecular flexibility index (Phi) is 9.51. The minimum Gasteiger partial charge on any atom is -0.481 e. The average Bonchev–Trinajstić information content (AvgIpc) is 2.76. The summed E-state index contributed by atoms with van der Waals surface area (Å²) in [5.41, 5.74) is 1.18. The number of hydrogen-bond donors (Lipinski definition) is 2. The van der Waals surface area contributed by atoms with Crippen LogP contribution in [0.4, 0.5) is 4.79 Å². The number of hydrogen-bond acceptors (Lipinski definition) is 6. The van der Waals surface area contributed by atoms with Crippen molar-refractivity contribution in [2.24, 2.45) is 4.99 Å². The number of ether oxygens (including phenoxy) is 2. The molecule has 0 heterocycles. The number of carbonyl (C=O) groups is 3. The lowest BCUT2D eigenvalue weighted by molar-refractivity contribution is -0.139. The summed E-state index contributed by atoms with van der Waals surface area (Å²) < 4.78 is 10.4. The summed E-state index contributed by atoms with van der Waals surface area (Å²) in [6.45, 7) is 1.69. The van der Waals surface area contributed by atoms with E-state index in [0.717, 1.165) is 5.56 Å². The van der Waals surface area contributed by atoms with E-state index in [9.17, 15) is 19.5 Å². The van der Waals surface area contributed by atoms with Crippen LogP contribution < -0.4 is 5.32 Å². The molecule has 8 nitrogen and oxygen atoms in total. The number of alkyl carbamates (subject to hydrolysis) is 1. The van der Waals surface area contributed by atoms with Crippen molar-refractivity contribution < 1.29 is 29.0 Å². The van der Waals surface area contributed by atoms with Gasteiger partial charge in [0.1, 0.15) is 19.2 Å². The van der Waals surface area contributed by atoms with Gasteiger partial charge in [0.25, 0.3) is 0 Å². The van der Waals surface area contributed by atoms with Crippen molar-refractivity contribution in [3.05, 3.63) is 70.7 Å². The molecule has 0 spiro atoms. The SMILES string of the molecule is CCOC(C[C@H](NC(=O)OCc1ccccc1)C(=O)O)=NCC(=O)c1ccc(Cl)cc1. The zero-order chi connectivity index (χ0) is 22.6. The maximum Gasteiger partial charge on any atom is 0.408 e. The molecule has 2 aromatic carbocycles. The molecule has 0 aliphatic rings. The van der Waals surface area contributed by atoms with Crippen LogP contribution in [0.5, 0.6) is 0 Å². The van der Waals surface area contributed by atoms with E-state index < -0.39 is 18.1 Å². The Morgan fingerprint density at radius 3 is 2.35 bits per heavy atom. The lowest BCUT2D eigenvalue weighted by Crippen LogP contribution is -2.42. The van der Waals surface area contributed by atoms with Gasteiger partial charge in [0, 0.05) is 10.6 Å². The van der Waals surface area contributed by atoms with E-state index in [0.29, 0.717) is 10.6 Å². The van der Waals surface area contributed by atoms with Crippen LogP contribution in [-0.4, -0.2) is 48.0 Å². The summed E-state index contributed by atoms with van der Waals surface area (Å²) in [5, 5.41) is 12.2. The highest BCUT2D eigenvalue weighted by Crippen LogP contribution is 2.10. The first-order valence-corrected chi connectivity index (χ1v) is 9.91. The van der Waals surface area contributed by atoms with Crippen molar-refractivity contribution in [3.63, 3.8) is 0 Å². The standard InChI is InChI=1S/C22H23ClN2O6/c1-2-30-20(24-13-19(26)16-8-10-17(23)11-9-16)12-18(21(27)28)25-22(29)31-14-15-6-4-3-5-7-15/h3-11,18H,2,12-14H2,1H3,(H,25,29)(H,27,28)/t18-/m0/s1. The van der Waals surface area contributed by atoms with E-state index in [1.54, 1.807) is 55.5 Å². The van der Waals surface area contributed by atoms with Crippen molar-refractivity contribution in [2.75, 3.05) is 13.2 Å². The predicted molar refractivity (Wildman–Crippen MR) is 116 cm³/mol. The molecular formula is C22H23ClN2O6. The molecule has 2 aromatic rings. The van der Waals surface area contributed by atoms with Crippen molar-refractivity contribution >= 4 is 35.3 Å². The minimum atomic E-state index is -1.33. The molecule has 2 rings (SSSR count). The Bertz CT molecular complexity index is 915. The summed E-state index contributed by atoms with van der Waals surface area (Å²) in [6.07, 6.45) is -1.12. The van der Waals surface area contributed by atoms with Gasteiger partial charge in [-0.25, -0.2) is 14.6 Å². The summed E-state index contributed by atoms with van der Waals surface area (Å²) in [6, 6.07) is 14.0. The van der Waals surface area contributed by atoms with Gasteiger partial charge < -0.3 is 19.9 Å². The number of benzene rings is 2. The largest absolute Gasteiger partial charge is 0.481 e. The molecule has 2 N–H and O–H groups in total. The topological polar surface area (TPSA) is 114 Å². The number of carboxylic acid groups (broad SMARTS) is 1. The van der Waals surface area contributed by atoms with Gasteiger partial charge >= 0.3 is 12.1 Å². The third kappa shape index (κ3) is 8.47. The van der Waals surface area contributed by atoms with Crippen LogP contribution in [0.2, 0.25) is 5.02 Å². The number of amides is 1. The number of rotatable bonds is 10. The quantitative estimate of drug-likeness (QED) is 0.326. The molecular weight excluding hydrogens is 424 g/mol. The van der Waals surface area contributed by atoms with Gasteiger partial charge in [0.15, 0.2) is 11.7 Å². The minimum absolute atomic E-state index is 0.00100. The van der Waals surface area contributed by atoms with Crippen LogP contribution in [0.1, 0.15) is 29.3 Å². The molecule has 0 radical (unpaired) electrons. The lowest BCUT2D eigenvalue weighted by atomic mass is 10.1. The van der Waals surface area contributed by atoms with Crippen LogP contribution in [0.3, 0.4) is 0 Å². The van der Waals surface area contributed by atoms with E-state index in [1.807, 2.05) is 6.07 Å². The molecule has 1 amide bonds. The second-order valence-electron chi connectivity index (χ2n) is 6.37. The van der Waals surface area contributed by atoms with Crippen molar-refractivity contribution in [1.82, 2.24) is 5.32 Å². The van der Waals surface area contributed by atoms with Crippen LogP contribution >= 0.6 is 11.6 Å². The highest BCUT2D eigenvalue weighted by molar-refractivity contribution is 6.30. The zero-order valence-electron chi connectivity index (χ0n) is 16.9. The maximum absolute atomic E-state index is 12.3. The number of carbonyl (C=O) groups excluding carboxylic acids is 2. The Balaban J connectivity index is 1.97. The Morgan fingerprint density at radius 1 is 1.06 bits per heavy atom. The fraction of sp³-hybridized carbons (Fsp3) is 0.273. The van der Waals surface area contributed by atoms with Gasteiger partial charge in [-0.3, -0.25) is 4.79 Å². The molecule has 0 aliphatic carbocycles. The molecule has 0 saturated heterocycles. The molecule has 0 saturated carbocycles. The normalized spacial score (nSPS) is 12.0. The van der Waals surface area contributed by atoms with Crippen LogP contribution in [0, 0.1) is 0 Å². The van der Waals surface area contributed by atoms with E-state index in [-0.39, 0.29) is 37.9 Å². The van der Waals surface area contributed by atoms with Crippen LogP contribution in [0.25, 0.3) is 0 Å². The number of ketones is 1. The fourth-order valence-electron chi connectivity index (χ4n) is 2.50. The molecule has 0 bridgehead atoms. The second kappa shape index (κ2) is 12.3. The first kappa shape index (κ1) is 23.9. The van der Waals surface area contributed by atoms with Gasteiger partial charge in [-0.05, 0) is 36.8 Å². The number of carboxylic acids is 1. The van der Waals surface area contributed by atoms with E-state index >= 15 is 0 Å². The number of aliphatic carboxylic acids is 1. The number of Topliss-reactive ketones (excluding diaryl/α,β-unsaturated/α-hetero) is 1. The van der Waals surface area contributed by atoms with Crippen molar-refractivity contribution in [3.8, 4) is 0 Å². The van der Waals surface area contributed by atoms with Gasteiger partial charge in [-0.2, -0.15) is 0 Å². The summed E-state index contributed by atoms with van der Waals surface area (Å²) in [4.78, 5) is 39.9. The van der Waals surface area contributed by atoms with E-state index in [2.05, 4.69) is 10.3 Å². The summed E-state index contributed by atoms with van der Waals surface area (Å²) in [5.74, 6) is -1.52. The van der Waals surface area contributed by atoms with Gasteiger partial charge in [-0.15, -0.1) is 0 Å². The highest BCUT2D eigenvalue weighted by Gasteiger charge is 2.24. The van der Waals surface area contributed by atoms with Gasteiger partial charge in [-0.1, -0.05) is 41.9 Å². The Hall–Kier alpha value is -3.39. The molecule has 0 aromatic heterocycles. The molecule has 164 valence electrons. The number of nitrogens with one attached hydrogen (secondary N) is 1. The summed E-state index contributed by atoms with van der Waals surface area (Å²) >= 11 is 5.81. The Morgan fingerprint density at radius 2 is 1.74 bits per heavy atom. The van der Waals surface area contributed by atoms with Gasteiger partial charge in [0.05, 0.1) is 13.0 Å². The molecule has 31 heavy (non-hydrogen) atoms. The molecule has 9 heteroatoms. The van der Waals surface area contributed by atoms with Crippen LogP contribution in [0.15, 0.2) is 59.6 Å². The third-order valence-electron chi connectivity index (χ3n) is 4.06. The molecule has 0 unspecified atom stereocenters. The number of nitrogens with zero attached hydrogens (tertiary/aromatic N) is 1. The van der Waals surface area contributed by atoms with E-state index in [1.165, 1.54) is 0 Å². The maximum atomic E-state index is 12.3. The highest BCUT2D eigenvalue weighted by atomic mass is 35.5. The number of aliphatic imine (C=N–C) groups is 1. The predicted octanol–water partition coefficient (Wildman–Crippen LogP) is 3.73. The van der Waals surface area contributed by atoms with Gasteiger partial charge in [0.2, 0.25) is 0 Å². The fourth-order valence-corrected chi connectivity index (χ4v) is 2.63. The van der Waals surface area contributed by atoms with E-state index in [4.69, 9.17) is 21.1 Å². The second-order valence-corrected chi connectivity index (χ2v) is 6.81. The van der Waals surface area contributed by atoms with Crippen molar-refractivity contribution in [2.45, 2.75) is 26.0 Å². The average molecular weight is 447 g/mol. The molecule has 0 aliphatic heterocycles. The van der Waals surface area contributed by atoms with Crippen LogP contribution in [-0.2, 0) is 20.9 Å². The zero-order valence-corrected chi connectivity index (χ0v) is 17.7. The summed E-state index contributed by atoms with van der Waals surface area (Å²) in [7, 11) is 0. The Labute approximate surface area is 184 Å². The number of halogens is 1. The third-order valence-corrected chi connectivity index (χ3v) is 4.31. The monoisotopic (exact) mass is 446 g/mol. The first-order valence-electron chi connectivity index (χ1n) is 9.54. The van der Waals surface area contributed by atoms with Crippen molar-refractivity contribution in [1.29, 1.82) is 0 Å². The molecule has 0 fully saturated rings. The lowest BCUT2D eigenvalue weighted by Gasteiger charge is -2.16.